The summed E-state index contributed by atoms with van der Waals surface area (Å²) in [6.07, 6.45) is 1.29. The summed E-state index contributed by atoms with van der Waals surface area (Å²) in [6, 6.07) is 8.74. The Morgan fingerprint density at radius 2 is 1.82 bits per heavy atom. The Kier molecular flexibility index (Phi) is 3.57. The molecule has 0 amide bonds. The highest BCUT2D eigenvalue weighted by atomic mass is 19.1. The van der Waals surface area contributed by atoms with Gasteiger partial charge in [0, 0.05) is 18.0 Å². The van der Waals surface area contributed by atoms with Crippen LogP contribution in [0.3, 0.4) is 0 Å². The van der Waals surface area contributed by atoms with Crippen LogP contribution in [0.1, 0.15) is 0 Å². The van der Waals surface area contributed by atoms with Crippen LogP contribution in [-0.2, 0) is 0 Å². The van der Waals surface area contributed by atoms with Gasteiger partial charge in [-0.25, -0.2) is 9.37 Å². The second-order valence-corrected chi connectivity index (χ2v) is 4.31. The standard InChI is InChI=1S/C14H10F2N6/c15-10-4-2-1-3-9(10)12-20-13(17)22-14(21-12)19-8-5-6-18-11(16)7-8/h1-7H,(H3,17,18,19,20,21,22). The van der Waals surface area contributed by atoms with Crippen LogP contribution in [0.25, 0.3) is 11.4 Å². The Balaban J connectivity index is 1.98. The number of pyridine rings is 1. The molecule has 3 rings (SSSR count). The number of nitrogens with one attached hydrogen (secondary N) is 1. The quantitative estimate of drug-likeness (QED) is 0.722. The first-order valence-corrected chi connectivity index (χ1v) is 6.27. The molecule has 2 heterocycles. The van der Waals surface area contributed by atoms with Gasteiger partial charge in [0.1, 0.15) is 5.82 Å². The highest BCUT2D eigenvalue weighted by Gasteiger charge is 2.11. The van der Waals surface area contributed by atoms with E-state index < -0.39 is 11.8 Å². The first-order valence-electron chi connectivity index (χ1n) is 6.27. The molecular weight excluding hydrogens is 290 g/mol. The van der Waals surface area contributed by atoms with Gasteiger partial charge >= 0.3 is 0 Å². The van der Waals surface area contributed by atoms with E-state index in [1.165, 1.54) is 30.5 Å². The molecule has 22 heavy (non-hydrogen) atoms. The number of halogens is 2. The van der Waals surface area contributed by atoms with Crippen molar-refractivity contribution in [2.45, 2.75) is 0 Å². The third-order valence-electron chi connectivity index (χ3n) is 2.75. The van der Waals surface area contributed by atoms with Gasteiger partial charge in [-0.1, -0.05) is 12.1 Å². The number of aromatic nitrogens is 4. The van der Waals surface area contributed by atoms with E-state index in [4.69, 9.17) is 5.73 Å². The van der Waals surface area contributed by atoms with Crippen LogP contribution in [0, 0.1) is 11.8 Å². The van der Waals surface area contributed by atoms with Gasteiger partial charge in [0.25, 0.3) is 0 Å². The first-order chi connectivity index (χ1) is 10.6. The van der Waals surface area contributed by atoms with Crippen molar-refractivity contribution >= 4 is 17.6 Å². The Labute approximate surface area is 124 Å². The summed E-state index contributed by atoms with van der Waals surface area (Å²) in [6.45, 7) is 0. The van der Waals surface area contributed by atoms with E-state index in [1.807, 2.05) is 0 Å². The van der Waals surface area contributed by atoms with Crippen LogP contribution < -0.4 is 11.1 Å². The third-order valence-corrected chi connectivity index (χ3v) is 2.75. The zero-order valence-electron chi connectivity index (χ0n) is 11.2. The van der Waals surface area contributed by atoms with Crippen molar-refractivity contribution in [2.24, 2.45) is 0 Å². The molecule has 0 spiro atoms. The molecule has 0 aliphatic rings. The van der Waals surface area contributed by atoms with Crippen molar-refractivity contribution in [2.75, 3.05) is 11.1 Å². The summed E-state index contributed by atoms with van der Waals surface area (Å²) in [5.41, 5.74) is 6.20. The Hall–Kier alpha value is -3.16. The molecule has 0 fully saturated rings. The summed E-state index contributed by atoms with van der Waals surface area (Å²) in [7, 11) is 0. The second kappa shape index (κ2) is 5.68. The molecule has 0 aliphatic carbocycles. The average Bonchev–Trinajstić information content (AvgIpc) is 2.47. The number of nitrogens with two attached hydrogens (primary N) is 1. The predicted molar refractivity (Wildman–Crippen MR) is 77.1 cm³/mol. The minimum atomic E-state index is -0.652. The molecule has 0 saturated heterocycles. The molecular formula is C14H10F2N6. The smallest absolute Gasteiger partial charge is 0.232 e. The highest BCUT2D eigenvalue weighted by molar-refractivity contribution is 5.60. The van der Waals surface area contributed by atoms with Gasteiger partial charge in [0.2, 0.25) is 17.8 Å². The normalized spacial score (nSPS) is 10.5. The minimum absolute atomic E-state index is 0.0784. The Bertz CT molecular complexity index is 824. The average molecular weight is 300 g/mol. The SMILES string of the molecule is Nc1nc(Nc2ccnc(F)c2)nc(-c2ccccc2F)n1. The van der Waals surface area contributed by atoms with Crippen molar-refractivity contribution in [3.63, 3.8) is 0 Å². The van der Waals surface area contributed by atoms with E-state index in [0.717, 1.165) is 0 Å². The molecule has 0 bridgehead atoms. The van der Waals surface area contributed by atoms with Gasteiger partial charge in [0.15, 0.2) is 5.82 Å². The summed E-state index contributed by atoms with van der Waals surface area (Å²) >= 11 is 0. The van der Waals surface area contributed by atoms with Gasteiger partial charge < -0.3 is 11.1 Å². The predicted octanol–water partition coefficient (Wildman–Crippen LogP) is 2.54. The van der Waals surface area contributed by atoms with Crippen molar-refractivity contribution in [1.29, 1.82) is 0 Å². The fourth-order valence-corrected chi connectivity index (χ4v) is 1.82. The number of benzene rings is 1. The maximum Gasteiger partial charge on any atom is 0.232 e. The number of hydrogen-bond donors (Lipinski definition) is 2. The number of hydrogen-bond acceptors (Lipinski definition) is 6. The van der Waals surface area contributed by atoms with Gasteiger partial charge in [-0.05, 0) is 18.2 Å². The monoisotopic (exact) mass is 300 g/mol. The summed E-state index contributed by atoms with van der Waals surface area (Å²) in [5.74, 6) is -1.04. The van der Waals surface area contributed by atoms with E-state index in [1.54, 1.807) is 12.1 Å². The van der Waals surface area contributed by atoms with Crippen molar-refractivity contribution in [3.8, 4) is 11.4 Å². The summed E-state index contributed by atoms with van der Waals surface area (Å²) in [5, 5.41) is 2.77. The molecule has 2 aromatic heterocycles. The second-order valence-electron chi connectivity index (χ2n) is 4.31. The zero-order chi connectivity index (χ0) is 15.5. The largest absolute Gasteiger partial charge is 0.368 e. The van der Waals surface area contributed by atoms with Crippen LogP contribution in [0.5, 0.6) is 0 Å². The summed E-state index contributed by atoms with van der Waals surface area (Å²) < 4.78 is 26.9. The molecule has 0 unspecified atom stereocenters. The lowest BCUT2D eigenvalue weighted by molar-refractivity contribution is 0.584. The lowest BCUT2D eigenvalue weighted by atomic mass is 10.2. The van der Waals surface area contributed by atoms with Gasteiger partial charge in [0.05, 0.1) is 5.56 Å². The van der Waals surface area contributed by atoms with Gasteiger partial charge in [-0.2, -0.15) is 19.3 Å². The van der Waals surface area contributed by atoms with Crippen LogP contribution in [-0.4, -0.2) is 19.9 Å². The van der Waals surface area contributed by atoms with E-state index in [2.05, 4.69) is 25.3 Å². The lowest BCUT2D eigenvalue weighted by Crippen LogP contribution is -2.05. The molecule has 8 heteroatoms. The number of nitrogens with zero attached hydrogens (tertiary/aromatic N) is 4. The molecule has 110 valence electrons. The fourth-order valence-electron chi connectivity index (χ4n) is 1.82. The van der Waals surface area contributed by atoms with Crippen LogP contribution in [0.2, 0.25) is 0 Å². The van der Waals surface area contributed by atoms with Crippen molar-refractivity contribution < 1.29 is 8.78 Å². The Morgan fingerprint density at radius 1 is 1.00 bits per heavy atom. The van der Waals surface area contributed by atoms with Crippen LogP contribution >= 0.6 is 0 Å². The zero-order valence-corrected chi connectivity index (χ0v) is 11.2. The van der Waals surface area contributed by atoms with E-state index in [0.29, 0.717) is 5.69 Å². The van der Waals surface area contributed by atoms with Crippen LogP contribution in [0.4, 0.5) is 26.4 Å². The Morgan fingerprint density at radius 3 is 2.59 bits per heavy atom. The molecule has 3 aromatic rings. The molecule has 0 atom stereocenters. The number of nitrogen functional groups attached to an aromatic ring is 1. The first kappa shape index (κ1) is 13.8. The molecule has 0 radical (unpaired) electrons. The molecule has 3 N–H and O–H groups in total. The van der Waals surface area contributed by atoms with Crippen molar-refractivity contribution in [1.82, 2.24) is 19.9 Å². The fraction of sp³-hybridized carbons (Fsp3) is 0. The van der Waals surface area contributed by atoms with E-state index >= 15 is 0 Å². The van der Waals surface area contributed by atoms with Gasteiger partial charge in [-0.15, -0.1) is 0 Å². The lowest BCUT2D eigenvalue weighted by Gasteiger charge is -2.07. The van der Waals surface area contributed by atoms with E-state index in [9.17, 15) is 8.78 Å². The topological polar surface area (TPSA) is 89.6 Å². The van der Waals surface area contributed by atoms with Crippen molar-refractivity contribution in [3.05, 3.63) is 54.4 Å². The third kappa shape index (κ3) is 2.95. The maximum absolute atomic E-state index is 13.8. The molecule has 0 saturated carbocycles. The summed E-state index contributed by atoms with van der Waals surface area (Å²) in [4.78, 5) is 15.3. The number of rotatable bonds is 3. The molecule has 1 aromatic carbocycles. The molecule has 0 aliphatic heterocycles. The number of anilines is 3. The van der Waals surface area contributed by atoms with E-state index in [-0.39, 0.29) is 23.3 Å². The van der Waals surface area contributed by atoms with Crippen LogP contribution in [0.15, 0.2) is 42.6 Å². The maximum atomic E-state index is 13.8. The van der Waals surface area contributed by atoms with Gasteiger partial charge in [-0.3, -0.25) is 0 Å². The highest BCUT2D eigenvalue weighted by Crippen LogP contribution is 2.21. The minimum Gasteiger partial charge on any atom is -0.368 e. The molecule has 6 nitrogen and oxygen atoms in total.